The van der Waals surface area contributed by atoms with E-state index < -0.39 is 0 Å². The van der Waals surface area contributed by atoms with E-state index in [1.165, 1.54) is 6.33 Å². The van der Waals surface area contributed by atoms with Crippen molar-refractivity contribution in [2.24, 2.45) is 0 Å². The van der Waals surface area contributed by atoms with E-state index >= 15 is 0 Å². The molecule has 0 spiro atoms. The average molecular weight is 267 g/mol. The second kappa shape index (κ2) is 6.02. The van der Waals surface area contributed by atoms with E-state index in [0.717, 1.165) is 22.6 Å². The van der Waals surface area contributed by atoms with Gasteiger partial charge in [-0.2, -0.15) is 5.26 Å². The maximum absolute atomic E-state index is 8.66. The Hall–Kier alpha value is -2.61. The molecule has 0 saturated heterocycles. The number of nitriles is 1. The van der Waals surface area contributed by atoms with Gasteiger partial charge < -0.3 is 11.1 Å². The Morgan fingerprint density at radius 1 is 1.25 bits per heavy atom. The van der Waals surface area contributed by atoms with Crippen molar-refractivity contribution in [3.8, 4) is 6.07 Å². The minimum Gasteiger partial charge on any atom is -0.383 e. The van der Waals surface area contributed by atoms with Gasteiger partial charge in [0.2, 0.25) is 0 Å². The molecule has 3 N–H and O–H groups in total. The van der Waals surface area contributed by atoms with E-state index in [9.17, 15) is 0 Å². The summed E-state index contributed by atoms with van der Waals surface area (Å²) in [5, 5.41) is 11.9. The summed E-state index contributed by atoms with van der Waals surface area (Å²) in [6.07, 6.45) is 1.87. The van der Waals surface area contributed by atoms with Crippen LogP contribution in [0.1, 0.15) is 30.9 Å². The lowest BCUT2D eigenvalue weighted by Crippen LogP contribution is -2.06. The minimum absolute atomic E-state index is 0.233. The third-order valence-corrected chi connectivity index (χ3v) is 2.99. The molecule has 2 rings (SSSR count). The molecule has 1 aromatic carbocycles. The highest BCUT2D eigenvalue weighted by atomic mass is 15.0. The predicted molar refractivity (Wildman–Crippen MR) is 79.6 cm³/mol. The van der Waals surface area contributed by atoms with Crippen LogP contribution in [0.3, 0.4) is 0 Å². The number of nitrogen functional groups attached to an aromatic ring is 1. The smallest absolute Gasteiger partial charge is 0.139 e. The number of nitrogens with two attached hydrogens (primary N) is 1. The highest BCUT2D eigenvalue weighted by Crippen LogP contribution is 2.28. The zero-order valence-corrected chi connectivity index (χ0v) is 11.6. The molecule has 0 aliphatic rings. The molecule has 5 heteroatoms. The summed E-state index contributed by atoms with van der Waals surface area (Å²) < 4.78 is 0. The fraction of sp³-hybridized carbons (Fsp3) is 0.267. The number of nitrogens with zero attached hydrogens (tertiary/aromatic N) is 3. The van der Waals surface area contributed by atoms with E-state index in [2.05, 4.69) is 35.2 Å². The number of hydrogen-bond donors (Lipinski definition) is 2. The monoisotopic (exact) mass is 267 g/mol. The molecule has 0 aliphatic heterocycles. The summed E-state index contributed by atoms with van der Waals surface area (Å²) in [5.74, 6) is 1.45. The molecule has 2 aromatic rings. The fourth-order valence-corrected chi connectivity index (χ4v) is 2.01. The molecule has 1 heterocycles. The Kier molecular flexibility index (Phi) is 4.16. The van der Waals surface area contributed by atoms with Gasteiger partial charge in [-0.25, -0.2) is 9.97 Å². The molecule has 5 nitrogen and oxygen atoms in total. The molecule has 0 bridgehead atoms. The van der Waals surface area contributed by atoms with Gasteiger partial charge in [-0.3, -0.25) is 0 Å². The van der Waals surface area contributed by atoms with Crippen LogP contribution < -0.4 is 11.1 Å². The Bertz CT molecular complexity index is 626. The van der Waals surface area contributed by atoms with Crippen LogP contribution in [-0.2, 0) is 6.42 Å². The molecular formula is C15H17N5. The fourth-order valence-electron chi connectivity index (χ4n) is 2.01. The van der Waals surface area contributed by atoms with Crippen LogP contribution in [0.15, 0.2) is 30.6 Å². The van der Waals surface area contributed by atoms with Crippen LogP contribution in [0.4, 0.5) is 17.3 Å². The molecule has 0 amide bonds. The van der Waals surface area contributed by atoms with Gasteiger partial charge >= 0.3 is 0 Å². The topological polar surface area (TPSA) is 87.6 Å². The van der Waals surface area contributed by atoms with Crippen molar-refractivity contribution in [2.45, 2.75) is 26.2 Å². The third-order valence-electron chi connectivity index (χ3n) is 2.99. The van der Waals surface area contributed by atoms with E-state index in [-0.39, 0.29) is 5.92 Å². The minimum atomic E-state index is 0.233. The summed E-state index contributed by atoms with van der Waals surface area (Å²) in [6, 6.07) is 9.82. The molecule has 0 atom stereocenters. The lowest BCUT2D eigenvalue weighted by Gasteiger charge is -2.15. The Morgan fingerprint density at radius 2 is 1.95 bits per heavy atom. The zero-order chi connectivity index (χ0) is 14.5. The van der Waals surface area contributed by atoms with Crippen molar-refractivity contribution >= 4 is 17.3 Å². The van der Waals surface area contributed by atoms with Crippen molar-refractivity contribution in [3.63, 3.8) is 0 Å². The summed E-state index contributed by atoms with van der Waals surface area (Å²) in [5.41, 5.74) is 8.72. The molecule has 20 heavy (non-hydrogen) atoms. The molecule has 102 valence electrons. The van der Waals surface area contributed by atoms with Crippen LogP contribution in [-0.4, -0.2) is 9.97 Å². The van der Waals surface area contributed by atoms with E-state index in [0.29, 0.717) is 12.2 Å². The highest BCUT2D eigenvalue weighted by Gasteiger charge is 2.12. The second-order valence-electron chi connectivity index (χ2n) is 4.83. The van der Waals surface area contributed by atoms with E-state index in [4.69, 9.17) is 11.0 Å². The van der Waals surface area contributed by atoms with Gasteiger partial charge in [0, 0.05) is 11.3 Å². The van der Waals surface area contributed by atoms with Gasteiger partial charge in [0.25, 0.3) is 0 Å². The maximum Gasteiger partial charge on any atom is 0.139 e. The molecule has 0 saturated carbocycles. The Balaban J connectivity index is 2.26. The highest BCUT2D eigenvalue weighted by molar-refractivity contribution is 5.64. The lowest BCUT2D eigenvalue weighted by atomic mass is 10.0. The molecule has 0 fully saturated rings. The van der Waals surface area contributed by atoms with Crippen LogP contribution in [0.25, 0.3) is 0 Å². The quantitative estimate of drug-likeness (QED) is 0.889. The summed E-state index contributed by atoms with van der Waals surface area (Å²) >= 11 is 0. The SMILES string of the molecule is CC(C)c1c(N)ncnc1Nc1ccc(CC#N)cc1. The lowest BCUT2D eigenvalue weighted by molar-refractivity contribution is 0.855. The van der Waals surface area contributed by atoms with Gasteiger partial charge in [-0.05, 0) is 23.6 Å². The van der Waals surface area contributed by atoms with Crippen molar-refractivity contribution in [3.05, 3.63) is 41.7 Å². The first-order valence-electron chi connectivity index (χ1n) is 6.45. The Labute approximate surface area is 118 Å². The predicted octanol–water partition coefficient (Wildman–Crippen LogP) is 2.99. The van der Waals surface area contributed by atoms with Crippen molar-refractivity contribution in [1.82, 2.24) is 9.97 Å². The van der Waals surface area contributed by atoms with Gasteiger partial charge in [0.05, 0.1) is 12.5 Å². The molecule has 0 aliphatic carbocycles. The first-order chi connectivity index (χ1) is 9.61. The average Bonchev–Trinajstić information content (AvgIpc) is 2.41. The molecule has 1 aromatic heterocycles. The zero-order valence-electron chi connectivity index (χ0n) is 11.6. The molecular weight excluding hydrogens is 250 g/mol. The number of hydrogen-bond acceptors (Lipinski definition) is 5. The number of aromatic nitrogens is 2. The second-order valence-corrected chi connectivity index (χ2v) is 4.83. The van der Waals surface area contributed by atoms with Gasteiger partial charge in [0.15, 0.2) is 0 Å². The standard InChI is InChI=1S/C15H17N5/c1-10(2)13-14(17)18-9-19-15(13)20-12-5-3-11(4-6-12)7-8-16/h3-6,9-10H,7H2,1-2H3,(H3,17,18,19,20). The van der Waals surface area contributed by atoms with Gasteiger partial charge in [-0.1, -0.05) is 26.0 Å². The van der Waals surface area contributed by atoms with Crippen molar-refractivity contribution < 1.29 is 0 Å². The summed E-state index contributed by atoms with van der Waals surface area (Å²) in [6.45, 7) is 4.10. The van der Waals surface area contributed by atoms with Crippen molar-refractivity contribution in [1.29, 1.82) is 5.26 Å². The number of anilines is 3. The van der Waals surface area contributed by atoms with Gasteiger partial charge in [-0.15, -0.1) is 0 Å². The van der Waals surface area contributed by atoms with Crippen LogP contribution in [0.2, 0.25) is 0 Å². The first kappa shape index (κ1) is 13.8. The molecule has 0 radical (unpaired) electrons. The summed E-state index contributed by atoms with van der Waals surface area (Å²) in [4.78, 5) is 8.29. The third kappa shape index (κ3) is 3.04. The Morgan fingerprint density at radius 3 is 2.55 bits per heavy atom. The normalized spacial score (nSPS) is 10.3. The number of rotatable bonds is 4. The van der Waals surface area contributed by atoms with Crippen LogP contribution in [0, 0.1) is 11.3 Å². The van der Waals surface area contributed by atoms with Crippen LogP contribution >= 0.6 is 0 Å². The first-order valence-corrected chi connectivity index (χ1v) is 6.45. The van der Waals surface area contributed by atoms with Crippen LogP contribution in [0.5, 0.6) is 0 Å². The van der Waals surface area contributed by atoms with E-state index in [1.54, 1.807) is 0 Å². The largest absolute Gasteiger partial charge is 0.383 e. The maximum atomic E-state index is 8.66. The van der Waals surface area contributed by atoms with E-state index in [1.807, 2.05) is 24.3 Å². The number of benzene rings is 1. The number of nitrogens with one attached hydrogen (secondary N) is 1. The van der Waals surface area contributed by atoms with Gasteiger partial charge in [0.1, 0.15) is 18.0 Å². The van der Waals surface area contributed by atoms with Crippen molar-refractivity contribution in [2.75, 3.05) is 11.1 Å². The summed E-state index contributed by atoms with van der Waals surface area (Å²) in [7, 11) is 0. The molecule has 0 unspecified atom stereocenters.